The van der Waals surface area contributed by atoms with Crippen LogP contribution in [0.15, 0.2) is 24.3 Å². The van der Waals surface area contributed by atoms with Crippen molar-refractivity contribution in [1.29, 1.82) is 0 Å². The number of ketones is 1. The number of nitrogens with two attached hydrogens (primary N) is 2. The van der Waals surface area contributed by atoms with E-state index < -0.39 is 0 Å². The van der Waals surface area contributed by atoms with Gasteiger partial charge < -0.3 is 11.5 Å². The summed E-state index contributed by atoms with van der Waals surface area (Å²) in [6.07, 6.45) is 0. The molecule has 0 atom stereocenters. The van der Waals surface area contributed by atoms with E-state index in [0.717, 1.165) is 5.56 Å². The summed E-state index contributed by atoms with van der Waals surface area (Å²) in [7, 11) is 0. The second-order valence-electron chi connectivity index (χ2n) is 3.59. The molecule has 0 bridgehead atoms. The Kier molecular flexibility index (Phi) is 2.36. The van der Waals surface area contributed by atoms with Gasteiger partial charge in [-0.05, 0) is 6.92 Å². The Balaban J connectivity index is 2.43. The summed E-state index contributed by atoms with van der Waals surface area (Å²) in [4.78, 5) is 12.0. The Labute approximate surface area is 92.5 Å². The molecule has 82 valence electrons. The number of aromatic amines is 1. The first kappa shape index (κ1) is 10.2. The Morgan fingerprint density at radius 1 is 1.25 bits per heavy atom. The van der Waals surface area contributed by atoms with E-state index in [2.05, 4.69) is 10.2 Å². The average molecular weight is 216 g/mol. The predicted octanol–water partition coefficient (Wildman–Crippen LogP) is 1.11. The van der Waals surface area contributed by atoms with Gasteiger partial charge in [-0.15, -0.1) is 0 Å². The van der Waals surface area contributed by atoms with Crippen LogP contribution < -0.4 is 11.5 Å². The van der Waals surface area contributed by atoms with Gasteiger partial charge in [0.15, 0.2) is 5.82 Å². The van der Waals surface area contributed by atoms with Gasteiger partial charge in [0, 0.05) is 5.56 Å². The molecule has 5 heteroatoms. The Bertz CT molecular complexity index is 508. The number of H-pyrrole nitrogens is 1. The highest BCUT2D eigenvalue weighted by Crippen LogP contribution is 2.20. The van der Waals surface area contributed by atoms with Crippen LogP contribution in [0, 0.1) is 6.92 Å². The van der Waals surface area contributed by atoms with Crippen molar-refractivity contribution < 1.29 is 4.79 Å². The van der Waals surface area contributed by atoms with Crippen molar-refractivity contribution in [2.24, 2.45) is 0 Å². The first-order valence-electron chi connectivity index (χ1n) is 4.80. The number of nitrogen functional groups attached to an aromatic ring is 2. The van der Waals surface area contributed by atoms with E-state index in [-0.39, 0.29) is 23.0 Å². The highest BCUT2D eigenvalue weighted by atomic mass is 16.1. The molecule has 5 nitrogen and oxygen atoms in total. The number of carbonyl (C=O) groups is 1. The summed E-state index contributed by atoms with van der Waals surface area (Å²) >= 11 is 0. The van der Waals surface area contributed by atoms with E-state index in [9.17, 15) is 4.79 Å². The topological polar surface area (TPSA) is 97.8 Å². The predicted molar refractivity (Wildman–Crippen MR) is 62.0 cm³/mol. The third-order valence-corrected chi connectivity index (χ3v) is 2.36. The van der Waals surface area contributed by atoms with E-state index in [1.54, 1.807) is 12.1 Å². The second-order valence-corrected chi connectivity index (χ2v) is 3.59. The lowest BCUT2D eigenvalue weighted by Gasteiger charge is -2.01. The largest absolute Gasteiger partial charge is 0.383 e. The lowest BCUT2D eigenvalue weighted by molar-refractivity contribution is 0.104. The van der Waals surface area contributed by atoms with Gasteiger partial charge in [-0.3, -0.25) is 9.89 Å². The van der Waals surface area contributed by atoms with Gasteiger partial charge in [0.2, 0.25) is 5.78 Å². The minimum atomic E-state index is -0.219. The SMILES string of the molecule is Cc1ccc(C(=O)c2c(N)n[nH]c2N)cc1. The molecule has 0 radical (unpaired) electrons. The highest BCUT2D eigenvalue weighted by Gasteiger charge is 2.18. The Hall–Kier alpha value is -2.30. The molecule has 2 aromatic rings. The van der Waals surface area contributed by atoms with Crippen molar-refractivity contribution in [2.45, 2.75) is 6.92 Å². The molecule has 1 heterocycles. The summed E-state index contributed by atoms with van der Waals surface area (Å²) in [5, 5.41) is 6.17. The first-order valence-corrected chi connectivity index (χ1v) is 4.80. The lowest BCUT2D eigenvalue weighted by Crippen LogP contribution is -2.06. The van der Waals surface area contributed by atoms with Gasteiger partial charge in [-0.1, -0.05) is 29.8 Å². The normalized spacial score (nSPS) is 10.3. The Morgan fingerprint density at radius 2 is 1.88 bits per heavy atom. The fourth-order valence-electron chi connectivity index (χ4n) is 1.46. The fraction of sp³-hybridized carbons (Fsp3) is 0.0909. The van der Waals surface area contributed by atoms with Crippen LogP contribution >= 0.6 is 0 Å². The number of nitrogens with one attached hydrogen (secondary N) is 1. The molecule has 0 aliphatic carbocycles. The average Bonchev–Trinajstić information content (AvgIpc) is 2.59. The van der Waals surface area contributed by atoms with Crippen LogP contribution in [-0.4, -0.2) is 16.0 Å². The van der Waals surface area contributed by atoms with Crippen molar-refractivity contribution in [3.05, 3.63) is 41.0 Å². The fourth-order valence-corrected chi connectivity index (χ4v) is 1.46. The molecule has 0 saturated heterocycles. The molecule has 1 aromatic carbocycles. The van der Waals surface area contributed by atoms with Crippen LogP contribution in [0.5, 0.6) is 0 Å². The number of anilines is 2. The van der Waals surface area contributed by atoms with Crippen molar-refractivity contribution in [2.75, 3.05) is 11.5 Å². The Morgan fingerprint density at radius 3 is 2.38 bits per heavy atom. The maximum absolute atomic E-state index is 12.0. The van der Waals surface area contributed by atoms with E-state index in [1.165, 1.54) is 0 Å². The molecule has 16 heavy (non-hydrogen) atoms. The number of nitrogens with zero attached hydrogens (tertiary/aromatic N) is 1. The molecule has 0 saturated carbocycles. The molecule has 1 aromatic heterocycles. The number of hydrogen-bond donors (Lipinski definition) is 3. The van der Waals surface area contributed by atoms with Gasteiger partial charge in [0.1, 0.15) is 11.4 Å². The zero-order valence-electron chi connectivity index (χ0n) is 8.82. The van der Waals surface area contributed by atoms with Crippen LogP contribution in [0.4, 0.5) is 11.6 Å². The van der Waals surface area contributed by atoms with Crippen LogP contribution in [0.25, 0.3) is 0 Å². The van der Waals surface area contributed by atoms with Gasteiger partial charge in [0.25, 0.3) is 0 Å². The van der Waals surface area contributed by atoms with Crippen LogP contribution in [0.3, 0.4) is 0 Å². The zero-order valence-corrected chi connectivity index (χ0v) is 8.82. The smallest absolute Gasteiger partial charge is 0.200 e. The van der Waals surface area contributed by atoms with E-state index >= 15 is 0 Å². The standard InChI is InChI=1S/C11H12N4O/c1-6-2-4-7(5-3-6)9(16)8-10(12)14-15-11(8)13/h2-5H,1H3,(H5,12,13,14,15). The molecule has 0 unspecified atom stereocenters. The molecule has 0 aliphatic rings. The minimum Gasteiger partial charge on any atom is -0.383 e. The zero-order chi connectivity index (χ0) is 11.7. The molecule has 0 spiro atoms. The summed E-state index contributed by atoms with van der Waals surface area (Å²) < 4.78 is 0. The number of rotatable bonds is 2. The van der Waals surface area contributed by atoms with E-state index in [0.29, 0.717) is 5.56 Å². The van der Waals surface area contributed by atoms with E-state index in [4.69, 9.17) is 11.5 Å². The summed E-state index contributed by atoms with van der Waals surface area (Å²) in [6, 6.07) is 7.20. The summed E-state index contributed by atoms with van der Waals surface area (Å²) in [6.45, 7) is 1.95. The van der Waals surface area contributed by atoms with Crippen LogP contribution in [-0.2, 0) is 0 Å². The van der Waals surface area contributed by atoms with Crippen molar-refractivity contribution in [3.8, 4) is 0 Å². The maximum atomic E-state index is 12.0. The van der Waals surface area contributed by atoms with Gasteiger partial charge in [-0.2, -0.15) is 5.10 Å². The molecule has 0 amide bonds. The van der Waals surface area contributed by atoms with E-state index in [1.807, 2.05) is 19.1 Å². The van der Waals surface area contributed by atoms with Crippen LogP contribution in [0.1, 0.15) is 21.5 Å². The molecule has 0 fully saturated rings. The number of benzene rings is 1. The monoisotopic (exact) mass is 216 g/mol. The van der Waals surface area contributed by atoms with Crippen molar-refractivity contribution in [1.82, 2.24) is 10.2 Å². The van der Waals surface area contributed by atoms with Crippen molar-refractivity contribution in [3.63, 3.8) is 0 Å². The second kappa shape index (κ2) is 3.69. The molecule has 2 rings (SSSR count). The quantitative estimate of drug-likeness (QED) is 0.655. The number of aromatic nitrogens is 2. The first-order chi connectivity index (χ1) is 7.59. The van der Waals surface area contributed by atoms with Gasteiger partial charge in [0.05, 0.1) is 0 Å². The molecular formula is C11H12N4O. The third kappa shape index (κ3) is 1.63. The highest BCUT2D eigenvalue weighted by molar-refractivity contribution is 6.14. The number of hydrogen-bond acceptors (Lipinski definition) is 4. The maximum Gasteiger partial charge on any atom is 0.200 e. The third-order valence-electron chi connectivity index (χ3n) is 2.36. The molecule has 5 N–H and O–H groups in total. The van der Waals surface area contributed by atoms with Gasteiger partial charge in [-0.25, -0.2) is 0 Å². The molecule has 0 aliphatic heterocycles. The lowest BCUT2D eigenvalue weighted by atomic mass is 10.0. The summed E-state index contributed by atoms with van der Waals surface area (Å²) in [5.74, 6) is 0.106. The number of aryl methyl sites for hydroxylation is 1. The minimum absolute atomic E-state index is 0.128. The van der Waals surface area contributed by atoms with Crippen molar-refractivity contribution >= 4 is 17.4 Å². The van der Waals surface area contributed by atoms with Crippen LogP contribution in [0.2, 0.25) is 0 Å². The summed E-state index contributed by atoms with van der Waals surface area (Å²) in [5.41, 5.74) is 13.0. The molecular weight excluding hydrogens is 204 g/mol. The van der Waals surface area contributed by atoms with Gasteiger partial charge >= 0.3 is 0 Å². The number of carbonyl (C=O) groups excluding carboxylic acids is 1.